The first-order valence-corrected chi connectivity index (χ1v) is 7.48. The Morgan fingerprint density at radius 2 is 1.86 bits per heavy atom. The van der Waals surface area contributed by atoms with Crippen molar-refractivity contribution in [2.24, 2.45) is 7.05 Å². The summed E-state index contributed by atoms with van der Waals surface area (Å²) in [5.41, 5.74) is 4.78. The number of nitrogens with one attached hydrogen (secondary N) is 1. The zero-order valence-electron chi connectivity index (χ0n) is 13.3. The molecule has 3 nitrogen and oxygen atoms in total. The molecule has 0 bridgehead atoms. The SMILES string of the molecule is CCNC(Cc1ccc(F)cc1)Cc1c(C)nn(C)c1C. The molecule has 0 aliphatic heterocycles. The molecule has 1 aromatic carbocycles. The van der Waals surface area contributed by atoms with Gasteiger partial charge in [-0.1, -0.05) is 19.1 Å². The van der Waals surface area contributed by atoms with E-state index in [0.717, 1.165) is 30.6 Å². The van der Waals surface area contributed by atoms with Crippen molar-refractivity contribution in [3.8, 4) is 0 Å². The molecule has 0 amide bonds. The molecule has 0 radical (unpaired) electrons. The molecule has 0 saturated carbocycles. The largest absolute Gasteiger partial charge is 0.314 e. The van der Waals surface area contributed by atoms with Crippen LogP contribution >= 0.6 is 0 Å². The zero-order valence-corrected chi connectivity index (χ0v) is 13.3. The summed E-state index contributed by atoms with van der Waals surface area (Å²) in [6.45, 7) is 7.20. The van der Waals surface area contributed by atoms with Gasteiger partial charge in [-0.15, -0.1) is 0 Å². The highest BCUT2D eigenvalue weighted by Crippen LogP contribution is 2.16. The van der Waals surface area contributed by atoms with E-state index in [-0.39, 0.29) is 5.82 Å². The quantitative estimate of drug-likeness (QED) is 0.886. The van der Waals surface area contributed by atoms with Crippen molar-refractivity contribution in [1.29, 1.82) is 0 Å². The van der Waals surface area contributed by atoms with Gasteiger partial charge in [-0.25, -0.2) is 4.39 Å². The molecule has 2 rings (SSSR count). The number of hydrogen-bond donors (Lipinski definition) is 1. The van der Waals surface area contributed by atoms with Crippen LogP contribution in [0.2, 0.25) is 0 Å². The van der Waals surface area contributed by atoms with Gasteiger partial charge in [0, 0.05) is 18.8 Å². The molecule has 1 unspecified atom stereocenters. The van der Waals surface area contributed by atoms with Crippen LogP contribution < -0.4 is 5.32 Å². The predicted molar refractivity (Wildman–Crippen MR) is 84.0 cm³/mol. The third kappa shape index (κ3) is 3.91. The van der Waals surface area contributed by atoms with Crippen molar-refractivity contribution in [2.75, 3.05) is 6.54 Å². The summed E-state index contributed by atoms with van der Waals surface area (Å²) >= 11 is 0. The van der Waals surface area contributed by atoms with Crippen LogP contribution in [-0.4, -0.2) is 22.4 Å². The normalized spacial score (nSPS) is 12.6. The standard InChI is InChI=1S/C17H24FN3/c1-5-19-16(10-14-6-8-15(18)9-7-14)11-17-12(2)20-21(4)13(17)3/h6-9,16,19H,5,10-11H2,1-4H3. The molecule has 0 saturated heterocycles. The molecule has 114 valence electrons. The second kappa shape index (κ2) is 6.85. The molecule has 1 atom stereocenters. The first kappa shape index (κ1) is 15.7. The van der Waals surface area contributed by atoms with Crippen molar-refractivity contribution < 1.29 is 4.39 Å². The van der Waals surface area contributed by atoms with Crippen LogP contribution in [0.3, 0.4) is 0 Å². The lowest BCUT2D eigenvalue weighted by Crippen LogP contribution is -2.33. The Hall–Kier alpha value is -1.68. The molecule has 1 N–H and O–H groups in total. The van der Waals surface area contributed by atoms with E-state index in [2.05, 4.69) is 31.2 Å². The summed E-state index contributed by atoms with van der Waals surface area (Å²) in [4.78, 5) is 0. The van der Waals surface area contributed by atoms with E-state index in [1.807, 2.05) is 23.9 Å². The predicted octanol–water partition coefficient (Wildman–Crippen LogP) is 2.94. The van der Waals surface area contributed by atoms with Crippen LogP contribution in [0.4, 0.5) is 4.39 Å². The Morgan fingerprint density at radius 3 is 2.38 bits per heavy atom. The van der Waals surface area contributed by atoms with Crippen LogP contribution in [0.5, 0.6) is 0 Å². The summed E-state index contributed by atoms with van der Waals surface area (Å²) in [5, 5.41) is 8.01. The van der Waals surface area contributed by atoms with Crippen molar-refractivity contribution >= 4 is 0 Å². The highest BCUT2D eigenvalue weighted by atomic mass is 19.1. The third-order valence-electron chi connectivity index (χ3n) is 4.00. The molecule has 0 aliphatic carbocycles. The minimum Gasteiger partial charge on any atom is -0.314 e. The Labute approximate surface area is 126 Å². The minimum absolute atomic E-state index is 0.183. The third-order valence-corrected chi connectivity index (χ3v) is 4.00. The molecule has 1 heterocycles. The molecule has 0 fully saturated rings. The van der Waals surface area contributed by atoms with Gasteiger partial charge >= 0.3 is 0 Å². The smallest absolute Gasteiger partial charge is 0.123 e. The maximum atomic E-state index is 13.0. The van der Waals surface area contributed by atoms with Gasteiger partial charge in [-0.05, 0) is 56.5 Å². The highest BCUT2D eigenvalue weighted by molar-refractivity contribution is 5.26. The van der Waals surface area contributed by atoms with Crippen molar-refractivity contribution in [1.82, 2.24) is 15.1 Å². The maximum absolute atomic E-state index is 13.0. The van der Waals surface area contributed by atoms with Crippen molar-refractivity contribution in [2.45, 2.75) is 39.7 Å². The topological polar surface area (TPSA) is 29.9 Å². The van der Waals surface area contributed by atoms with Gasteiger partial charge in [0.05, 0.1) is 5.69 Å². The molecule has 1 aromatic heterocycles. The van der Waals surface area contributed by atoms with E-state index >= 15 is 0 Å². The molecular formula is C17H24FN3. The summed E-state index contributed by atoms with van der Waals surface area (Å²) in [6, 6.07) is 7.12. The molecule has 0 spiro atoms. The van der Waals surface area contributed by atoms with Gasteiger partial charge in [0.2, 0.25) is 0 Å². The summed E-state index contributed by atoms with van der Waals surface area (Å²) in [6.07, 6.45) is 1.83. The Bertz CT molecular complexity index is 587. The van der Waals surface area contributed by atoms with Gasteiger partial charge in [0.25, 0.3) is 0 Å². The Kier molecular flexibility index (Phi) is 5.12. The lowest BCUT2D eigenvalue weighted by atomic mass is 9.98. The number of rotatable bonds is 6. The van der Waals surface area contributed by atoms with Crippen molar-refractivity contribution in [3.63, 3.8) is 0 Å². The van der Waals surface area contributed by atoms with E-state index < -0.39 is 0 Å². The van der Waals surface area contributed by atoms with E-state index in [1.165, 1.54) is 23.4 Å². The van der Waals surface area contributed by atoms with E-state index in [1.54, 1.807) is 0 Å². The fraction of sp³-hybridized carbons (Fsp3) is 0.471. The fourth-order valence-electron chi connectivity index (χ4n) is 2.77. The monoisotopic (exact) mass is 289 g/mol. The van der Waals surface area contributed by atoms with E-state index in [9.17, 15) is 4.39 Å². The highest BCUT2D eigenvalue weighted by Gasteiger charge is 2.16. The number of aromatic nitrogens is 2. The zero-order chi connectivity index (χ0) is 15.4. The average Bonchev–Trinajstić information content (AvgIpc) is 2.68. The first-order valence-electron chi connectivity index (χ1n) is 7.48. The first-order chi connectivity index (χ1) is 10.0. The summed E-state index contributed by atoms with van der Waals surface area (Å²) in [7, 11) is 1.98. The molecule has 4 heteroatoms. The summed E-state index contributed by atoms with van der Waals surface area (Å²) in [5.74, 6) is -0.183. The summed E-state index contributed by atoms with van der Waals surface area (Å²) < 4.78 is 14.9. The lowest BCUT2D eigenvalue weighted by Gasteiger charge is -2.18. The fourth-order valence-corrected chi connectivity index (χ4v) is 2.77. The van der Waals surface area contributed by atoms with E-state index in [0.29, 0.717) is 6.04 Å². The number of halogens is 1. The number of likely N-dealkylation sites (N-methyl/N-ethyl adjacent to an activating group) is 1. The van der Waals surface area contributed by atoms with Crippen LogP contribution in [0.25, 0.3) is 0 Å². The lowest BCUT2D eigenvalue weighted by molar-refractivity contribution is 0.518. The maximum Gasteiger partial charge on any atom is 0.123 e. The number of benzene rings is 1. The molecule has 0 aliphatic rings. The number of nitrogens with zero attached hydrogens (tertiary/aromatic N) is 2. The number of aryl methyl sites for hydroxylation is 2. The Morgan fingerprint density at radius 1 is 1.19 bits per heavy atom. The van der Waals surface area contributed by atoms with Crippen LogP contribution in [0.15, 0.2) is 24.3 Å². The van der Waals surface area contributed by atoms with Gasteiger partial charge in [0.1, 0.15) is 5.82 Å². The van der Waals surface area contributed by atoms with Gasteiger partial charge in [0.15, 0.2) is 0 Å². The van der Waals surface area contributed by atoms with Crippen molar-refractivity contribution in [3.05, 3.63) is 52.6 Å². The van der Waals surface area contributed by atoms with Crippen LogP contribution in [0, 0.1) is 19.7 Å². The minimum atomic E-state index is -0.183. The van der Waals surface area contributed by atoms with Crippen LogP contribution in [0.1, 0.15) is 29.4 Å². The van der Waals surface area contributed by atoms with E-state index in [4.69, 9.17) is 0 Å². The second-order valence-electron chi connectivity index (χ2n) is 5.56. The van der Waals surface area contributed by atoms with Gasteiger partial charge in [-0.2, -0.15) is 5.10 Å². The average molecular weight is 289 g/mol. The Balaban J connectivity index is 2.13. The molecular weight excluding hydrogens is 265 g/mol. The molecule has 21 heavy (non-hydrogen) atoms. The van der Waals surface area contributed by atoms with Gasteiger partial charge < -0.3 is 5.32 Å². The number of hydrogen-bond acceptors (Lipinski definition) is 2. The van der Waals surface area contributed by atoms with Gasteiger partial charge in [-0.3, -0.25) is 4.68 Å². The molecule has 2 aromatic rings. The van der Waals surface area contributed by atoms with Crippen LogP contribution in [-0.2, 0) is 19.9 Å². The second-order valence-corrected chi connectivity index (χ2v) is 5.56.